The van der Waals surface area contributed by atoms with Gasteiger partial charge in [-0.05, 0) is 160 Å². The van der Waals surface area contributed by atoms with Gasteiger partial charge in [-0.2, -0.15) is 0 Å². The number of carbonyl (C=O) groups excluding carboxylic acids is 4. The molecule has 2 aliphatic heterocycles. The Bertz CT molecular complexity index is 2990. The standard InChI is InChI=1S/C84H127N3O14/c1-62(2)24-21-25-63(3)26-22-27-64(4)28-23-47-83(8)48-43-75-67(7)80(65(5)66(6)81(75)101-83)98-59-58-97-57-56-96-55-54-95-53-52-94-51-46-78(89)86-76(61-100-84(69-29-17-16-18-30-69,70-33-37-73(92-9)38-34-70)71-35-39-74(93-10)40-36-71)82(91)87-49-44-68(45-50-87)60-99-79(90)42-41-77(88)85-72-31-19-14-12-11-13-15-20-32-72/h16-18,29-30,33-40,62-64,68,72,76H,11-15,19-28,31-32,41-61H2,1-10H3,(H,85,88)(H,86,89)/t63-,64-,76+,83-/m1/s1. The van der Waals surface area contributed by atoms with Crippen molar-refractivity contribution in [2.45, 2.75) is 239 Å². The van der Waals surface area contributed by atoms with Gasteiger partial charge < -0.3 is 62.9 Å². The first-order valence-corrected chi connectivity index (χ1v) is 38.7. The molecule has 2 heterocycles. The molecule has 1 aliphatic carbocycles. The summed E-state index contributed by atoms with van der Waals surface area (Å²) in [5.74, 6) is 4.57. The van der Waals surface area contributed by atoms with E-state index >= 15 is 0 Å². The third kappa shape index (κ3) is 27.4. The fourth-order valence-electron chi connectivity index (χ4n) is 14.6. The molecule has 2 fully saturated rings. The molecular weight excluding hydrogens is 1270 g/mol. The zero-order chi connectivity index (χ0) is 72.2. The molecule has 3 aliphatic rings. The van der Waals surface area contributed by atoms with E-state index in [9.17, 15) is 19.2 Å². The number of rotatable bonds is 44. The van der Waals surface area contributed by atoms with Gasteiger partial charge in [0.15, 0.2) is 0 Å². The third-order valence-electron chi connectivity index (χ3n) is 21.1. The SMILES string of the molecule is COc1ccc(C(OC[C@H](NC(=O)CCOCCOCCOCCOCCOc2c(C)c(C)c3c(c2C)CC[C@@](C)(CCC[C@H](C)CCC[C@H](C)CCCC(C)C)O3)C(=O)N2CCC(COC(=O)CCC(=O)NC3CCCCCCCCC3)CC2)(c2ccccc2)c2ccc(OC)cc2)cc1. The van der Waals surface area contributed by atoms with Crippen molar-refractivity contribution in [1.82, 2.24) is 15.5 Å². The highest BCUT2D eigenvalue weighted by Gasteiger charge is 2.41. The second-order valence-electron chi connectivity index (χ2n) is 29.7. The van der Waals surface area contributed by atoms with Crippen LogP contribution in [0.4, 0.5) is 0 Å². The van der Waals surface area contributed by atoms with Gasteiger partial charge in [-0.15, -0.1) is 0 Å². The van der Waals surface area contributed by atoms with Gasteiger partial charge in [0.1, 0.15) is 46.8 Å². The van der Waals surface area contributed by atoms with E-state index in [1.165, 1.54) is 100 Å². The minimum atomic E-state index is -1.25. The normalized spacial score (nSPS) is 17.3. The Morgan fingerprint density at radius 3 is 1.67 bits per heavy atom. The number of amides is 3. The van der Waals surface area contributed by atoms with Gasteiger partial charge in [-0.25, -0.2) is 0 Å². The van der Waals surface area contributed by atoms with Gasteiger partial charge >= 0.3 is 5.97 Å². The molecule has 562 valence electrons. The van der Waals surface area contributed by atoms with Crippen molar-refractivity contribution in [1.29, 1.82) is 0 Å². The van der Waals surface area contributed by atoms with E-state index in [0.717, 1.165) is 96.5 Å². The van der Waals surface area contributed by atoms with Crippen molar-refractivity contribution in [2.24, 2.45) is 23.7 Å². The number of ether oxygens (including phenoxy) is 10. The summed E-state index contributed by atoms with van der Waals surface area (Å²) >= 11 is 0. The van der Waals surface area contributed by atoms with Crippen LogP contribution < -0.4 is 29.6 Å². The van der Waals surface area contributed by atoms with E-state index in [-0.39, 0.29) is 81.0 Å². The van der Waals surface area contributed by atoms with Crippen LogP contribution in [0, 0.1) is 44.4 Å². The highest BCUT2D eigenvalue weighted by molar-refractivity contribution is 5.88. The van der Waals surface area contributed by atoms with Gasteiger partial charge in [0, 0.05) is 37.5 Å². The average Bonchev–Trinajstić information content (AvgIpc) is 0.759. The maximum Gasteiger partial charge on any atom is 0.306 e. The van der Waals surface area contributed by atoms with Gasteiger partial charge in [-0.1, -0.05) is 172 Å². The first-order chi connectivity index (χ1) is 48.9. The van der Waals surface area contributed by atoms with Crippen LogP contribution in [0.1, 0.15) is 228 Å². The lowest BCUT2D eigenvalue weighted by atomic mass is 9.80. The molecule has 0 unspecified atom stereocenters. The predicted octanol–water partition coefficient (Wildman–Crippen LogP) is 16.1. The number of piperidine rings is 1. The highest BCUT2D eigenvalue weighted by atomic mass is 16.6. The number of likely N-dealkylation sites (tertiary alicyclic amines) is 1. The molecule has 1 saturated heterocycles. The van der Waals surface area contributed by atoms with Crippen LogP contribution in [0.3, 0.4) is 0 Å². The molecule has 7 rings (SSSR count). The minimum Gasteiger partial charge on any atom is -0.497 e. The summed E-state index contributed by atoms with van der Waals surface area (Å²) in [6.45, 7) is 22.3. The molecule has 0 aromatic heterocycles. The number of nitrogens with zero attached hydrogens (tertiary/aromatic N) is 1. The lowest BCUT2D eigenvalue weighted by molar-refractivity contribution is -0.148. The maximum atomic E-state index is 14.9. The van der Waals surface area contributed by atoms with E-state index in [0.29, 0.717) is 83.7 Å². The first kappa shape index (κ1) is 82.1. The van der Waals surface area contributed by atoms with Crippen LogP contribution in [0.25, 0.3) is 0 Å². The number of benzene rings is 4. The molecular formula is C84H127N3O14. The van der Waals surface area contributed by atoms with Gasteiger partial charge in [-0.3, -0.25) is 19.2 Å². The molecule has 2 N–H and O–H groups in total. The van der Waals surface area contributed by atoms with E-state index in [1.54, 1.807) is 19.1 Å². The Balaban J connectivity index is 0.821. The molecule has 17 heteroatoms. The minimum absolute atomic E-state index is 0.00644. The summed E-state index contributed by atoms with van der Waals surface area (Å²) in [4.78, 5) is 56.4. The fraction of sp³-hybridized carbons (Fsp3) is 0.667. The monoisotopic (exact) mass is 1400 g/mol. The first-order valence-electron chi connectivity index (χ1n) is 38.7. The number of nitrogens with one attached hydrogen (secondary N) is 2. The zero-order valence-electron chi connectivity index (χ0n) is 63.5. The molecule has 0 spiro atoms. The largest absolute Gasteiger partial charge is 0.497 e. The smallest absolute Gasteiger partial charge is 0.306 e. The van der Waals surface area contributed by atoms with E-state index < -0.39 is 17.6 Å². The number of esters is 1. The van der Waals surface area contributed by atoms with E-state index in [4.69, 9.17) is 47.4 Å². The van der Waals surface area contributed by atoms with Crippen LogP contribution in [-0.4, -0.2) is 146 Å². The lowest BCUT2D eigenvalue weighted by Crippen LogP contribution is -2.54. The number of fused-ring (bicyclic) bond motifs is 1. The van der Waals surface area contributed by atoms with Gasteiger partial charge in [0.25, 0.3) is 0 Å². The molecule has 4 aromatic rings. The zero-order valence-corrected chi connectivity index (χ0v) is 63.5. The van der Waals surface area contributed by atoms with E-state index in [1.807, 2.05) is 78.9 Å². The van der Waals surface area contributed by atoms with Crippen molar-refractivity contribution in [3.8, 4) is 23.0 Å². The number of hydrogen-bond donors (Lipinski definition) is 2. The Hall–Kier alpha value is -6.24. The van der Waals surface area contributed by atoms with Crippen molar-refractivity contribution in [3.63, 3.8) is 0 Å². The maximum absolute atomic E-state index is 14.9. The Morgan fingerprint density at radius 2 is 1.11 bits per heavy atom. The molecule has 17 nitrogen and oxygen atoms in total. The topological polar surface area (TPSA) is 188 Å². The molecule has 0 radical (unpaired) electrons. The summed E-state index contributed by atoms with van der Waals surface area (Å²) < 4.78 is 60.7. The van der Waals surface area contributed by atoms with Crippen molar-refractivity contribution >= 4 is 23.7 Å². The Kier molecular flexibility index (Phi) is 36.1. The van der Waals surface area contributed by atoms with Crippen LogP contribution >= 0.6 is 0 Å². The van der Waals surface area contributed by atoms with Crippen LogP contribution in [0.2, 0.25) is 0 Å². The summed E-state index contributed by atoms with van der Waals surface area (Å²) in [6, 6.07) is 24.2. The van der Waals surface area contributed by atoms with Crippen LogP contribution in [-0.2, 0) is 59.6 Å². The third-order valence-corrected chi connectivity index (χ3v) is 21.1. The Morgan fingerprint density at radius 1 is 0.584 bits per heavy atom. The number of hydrogen-bond acceptors (Lipinski definition) is 14. The molecule has 4 aromatic carbocycles. The summed E-state index contributed by atoms with van der Waals surface area (Å²) in [6.07, 6.45) is 25.3. The Labute approximate surface area is 606 Å². The van der Waals surface area contributed by atoms with Crippen molar-refractivity contribution in [2.75, 3.05) is 100.0 Å². The van der Waals surface area contributed by atoms with Crippen molar-refractivity contribution < 1.29 is 66.5 Å². The summed E-state index contributed by atoms with van der Waals surface area (Å²) in [5.41, 5.74) is 5.69. The van der Waals surface area contributed by atoms with Crippen LogP contribution in [0.5, 0.6) is 23.0 Å². The second-order valence-corrected chi connectivity index (χ2v) is 29.7. The molecule has 0 bridgehead atoms. The molecule has 4 atom stereocenters. The molecule has 1 saturated carbocycles. The van der Waals surface area contributed by atoms with E-state index in [2.05, 4.69) is 66.0 Å². The quantitative estimate of drug-likeness (QED) is 0.0242. The average molecular weight is 1400 g/mol. The van der Waals surface area contributed by atoms with Gasteiger partial charge in [0.05, 0.1) is 86.7 Å². The lowest BCUT2D eigenvalue weighted by Gasteiger charge is -2.38. The second kappa shape index (κ2) is 44.4. The fourth-order valence-corrected chi connectivity index (χ4v) is 14.6. The number of methoxy groups -OCH3 is 2. The van der Waals surface area contributed by atoms with Crippen molar-refractivity contribution in [3.05, 3.63) is 118 Å². The summed E-state index contributed by atoms with van der Waals surface area (Å²) in [7, 11) is 3.23. The van der Waals surface area contributed by atoms with Gasteiger partial charge in [0.2, 0.25) is 17.7 Å². The highest BCUT2D eigenvalue weighted by Crippen LogP contribution is 2.46. The predicted molar refractivity (Wildman–Crippen MR) is 399 cm³/mol. The van der Waals surface area contributed by atoms with Crippen LogP contribution in [0.15, 0.2) is 78.9 Å². The molecule has 3 amide bonds. The summed E-state index contributed by atoms with van der Waals surface area (Å²) in [5, 5.41) is 6.21. The molecule has 101 heavy (non-hydrogen) atoms. The number of carbonyl (C=O) groups is 4.